The van der Waals surface area contributed by atoms with Crippen LogP contribution in [0, 0.1) is 6.92 Å². The fourth-order valence-electron chi connectivity index (χ4n) is 2.04. The molecule has 1 heterocycles. The number of carbonyl (C=O) groups is 1. The van der Waals surface area contributed by atoms with E-state index >= 15 is 0 Å². The second kappa shape index (κ2) is 5.77. The van der Waals surface area contributed by atoms with Crippen LogP contribution in [0.1, 0.15) is 42.4 Å². The molecule has 0 aliphatic heterocycles. The molecule has 114 valence electrons. The van der Waals surface area contributed by atoms with E-state index in [1.54, 1.807) is 23.7 Å². The first-order valence-corrected chi connectivity index (χ1v) is 6.41. The van der Waals surface area contributed by atoms with Gasteiger partial charge in [-0.1, -0.05) is 26.8 Å². The van der Waals surface area contributed by atoms with Gasteiger partial charge < -0.3 is 10.8 Å². The number of nitrogen functional groups attached to an aromatic ring is 1. The summed E-state index contributed by atoms with van der Waals surface area (Å²) >= 11 is 0. The molecular formula is C15H20ClN3O2. The molecule has 1 aromatic heterocycles. The van der Waals surface area contributed by atoms with Gasteiger partial charge in [0.15, 0.2) is 0 Å². The van der Waals surface area contributed by atoms with Gasteiger partial charge in [-0.05, 0) is 24.6 Å². The minimum Gasteiger partial charge on any atom is -0.478 e. The van der Waals surface area contributed by atoms with Gasteiger partial charge in [-0.3, -0.25) is 0 Å². The molecule has 0 aliphatic carbocycles. The number of hydrogen-bond acceptors (Lipinski definition) is 3. The molecule has 21 heavy (non-hydrogen) atoms. The number of nitrogens with zero attached hydrogens (tertiary/aromatic N) is 2. The zero-order valence-corrected chi connectivity index (χ0v) is 13.4. The van der Waals surface area contributed by atoms with Crippen molar-refractivity contribution >= 4 is 24.2 Å². The van der Waals surface area contributed by atoms with E-state index in [2.05, 4.69) is 25.9 Å². The summed E-state index contributed by atoms with van der Waals surface area (Å²) in [5, 5.41) is 13.7. The maximum absolute atomic E-state index is 11.2. The lowest BCUT2D eigenvalue weighted by Gasteiger charge is -2.14. The van der Waals surface area contributed by atoms with E-state index in [1.807, 2.05) is 12.1 Å². The van der Waals surface area contributed by atoms with Gasteiger partial charge in [-0.25, -0.2) is 9.48 Å². The van der Waals surface area contributed by atoms with Crippen LogP contribution >= 0.6 is 12.4 Å². The van der Waals surface area contributed by atoms with Crippen LogP contribution < -0.4 is 5.73 Å². The molecule has 0 saturated carbocycles. The average molecular weight is 310 g/mol. The van der Waals surface area contributed by atoms with Gasteiger partial charge >= 0.3 is 5.97 Å². The third kappa shape index (κ3) is 3.19. The topological polar surface area (TPSA) is 81.1 Å². The lowest BCUT2D eigenvalue weighted by Crippen LogP contribution is -2.13. The second-order valence-corrected chi connectivity index (χ2v) is 5.87. The van der Waals surface area contributed by atoms with Crippen LogP contribution in [0.5, 0.6) is 0 Å². The van der Waals surface area contributed by atoms with Crippen molar-refractivity contribution in [3.63, 3.8) is 0 Å². The Hall–Kier alpha value is -2.01. The predicted octanol–water partition coefficient (Wildman–Crippen LogP) is 3.18. The number of carboxylic acids is 1. The van der Waals surface area contributed by atoms with E-state index in [0.29, 0.717) is 17.1 Å². The van der Waals surface area contributed by atoms with E-state index < -0.39 is 5.97 Å². The molecule has 1 aromatic carbocycles. The molecule has 0 spiro atoms. The minimum absolute atomic E-state index is 0. The number of anilines is 1. The van der Waals surface area contributed by atoms with E-state index in [1.165, 1.54) is 0 Å². The summed E-state index contributed by atoms with van der Waals surface area (Å²) in [5.74, 6) is -0.452. The Labute approximate surface area is 130 Å². The molecule has 2 aromatic rings. The number of hydrogen-bond donors (Lipinski definition) is 2. The Morgan fingerprint density at radius 3 is 2.43 bits per heavy atom. The highest BCUT2D eigenvalue weighted by atomic mass is 35.5. The largest absolute Gasteiger partial charge is 0.478 e. The molecule has 0 amide bonds. The lowest BCUT2D eigenvalue weighted by molar-refractivity contribution is 0.0696. The van der Waals surface area contributed by atoms with E-state index in [9.17, 15) is 9.90 Å². The van der Waals surface area contributed by atoms with Gasteiger partial charge in [0.1, 0.15) is 5.82 Å². The van der Waals surface area contributed by atoms with Crippen molar-refractivity contribution in [3.05, 3.63) is 41.1 Å². The molecule has 6 heteroatoms. The smallest absolute Gasteiger partial charge is 0.336 e. The molecule has 0 saturated heterocycles. The third-order valence-electron chi connectivity index (χ3n) is 3.27. The first-order chi connectivity index (χ1) is 9.21. The molecule has 5 nitrogen and oxygen atoms in total. The summed E-state index contributed by atoms with van der Waals surface area (Å²) in [6, 6.07) is 6.92. The predicted molar refractivity (Wildman–Crippen MR) is 85.6 cm³/mol. The minimum atomic E-state index is -0.953. The second-order valence-electron chi connectivity index (χ2n) is 5.87. The van der Waals surface area contributed by atoms with E-state index in [0.717, 1.165) is 5.69 Å². The van der Waals surface area contributed by atoms with Gasteiger partial charge in [0, 0.05) is 11.5 Å². The van der Waals surface area contributed by atoms with Crippen LogP contribution in [-0.4, -0.2) is 20.9 Å². The Morgan fingerprint density at radius 2 is 1.95 bits per heavy atom. The molecule has 0 aliphatic rings. The van der Waals surface area contributed by atoms with Crippen molar-refractivity contribution in [2.75, 3.05) is 5.73 Å². The van der Waals surface area contributed by atoms with E-state index in [-0.39, 0.29) is 23.4 Å². The Balaban J connectivity index is 0.00000220. The summed E-state index contributed by atoms with van der Waals surface area (Å²) in [5.41, 5.74) is 8.38. The van der Waals surface area contributed by atoms with Gasteiger partial charge in [0.05, 0.1) is 16.9 Å². The maximum atomic E-state index is 11.2. The van der Waals surface area contributed by atoms with Crippen molar-refractivity contribution in [2.24, 2.45) is 0 Å². The van der Waals surface area contributed by atoms with Crippen LogP contribution in [0.15, 0.2) is 24.3 Å². The number of carboxylic acid groups (broad SMARTS) is 1. The highest BCUT2D eigenvalue weighted by molar-refractivity contribution is 5.90. The van der Waals surface area contributed by atoms with Gasteiger partial charge in [0.2, 0.25) is 0 Å². The Bertz CT molecular complexity index is 672. The number of aromatic nitrogens is 2. The van der Waals surface area contributed by atoms with Crippen LogP contribution in [0.25, 0.3) is 5.69 Å². The highest BCUT2D eigenvalue weighted by Crippen LogP contribution is 2.26. The number of rotatable bonds is 2. The molecular weight excluding hydrogens is 290 g/mol. The number of halogens is 1. The summed E-state index contributed by atoms with van der Waals surface area (Å²) in [6.07, 6.45) is 0. The van der Waals surface area contributed by atoms with Crippen molar-refractivity contribution < 1.29 is 9.90 Å². The first-order valence-electron chi connectivity index (χ1n) is 6.41. The van der Waals surface area contributed by atoms with Crippen molar-refractivity contribution in [2.45, 2.75) is 33.1 Å². The molecule has 2 rings (SSSR count). The van der Waals surface area contributed by atoms with Gasteiger partial charge in [-0.15, -0.1) is 12.4 Å². The Kier molecular flexibility index (Phi) is 4.69. The number of benzene rings is 1. The zero-order valence-electron chi connectivity index (χ0n) is 12.5. The van der Waals surface area contributed by atoms with E-state index in [4.69, 9.17) is 5.73 Å². The molecule has 0 fully saturated rings. The summed E-state index contributed by atoms with van der Waals surface area (Å²) in [7, 11) is 0. The normalized spacial score (nSPS) is 11.0. The van der Waals surface area contributed by atoms with Crippen LogP contribution in [0.3, 0.4) is 0 Å². The SMILES string of the molecule is Cc1c(C(=O)O)cccc1-n1nc(C(C)(C)C)cc1N.Cl. The highest BCUT2D eigenvalue weighted by Gasteiger charge is 2.21. The van der Waals surface area contributed by atoms with Crippen molar-refractivity contribution in [1.82, 2.24) is 9.78 Å². The molecule has 0 bridgehead atoms. The van der Waals surface area contributed by atoms with Crippen LogP contribution in [0.2, 0.25) is 0 Å². The monoisotopic (exact) mass is 309 g/mol. The van der Waals surface area contributed by atoms with Crippen molar-refractivity contribution in [3.8, 4) is 5.69 Å². The average Bonchev–Trinajstić information content (AvgIpc) is 2.71. The summed E-state index contributed by atoms with van der Waals surface area (Å²) in [4.78, 5) is 11.2. The quantitative estimate of drug-likeness (QED) is 0.892. The first kappa shape index (κ1) is 17.0. The van der Waals surface area contributed by atoms with Crippen LogP contribution in [0.4, 0.5) is 5.82 Å². The fourth-order valence-corrected chi connectivity index (χ4v) is 2.04. The summed E-state index contributed by atoms with van der Waals surface area (Å²) < 4.78 is 1.60. The maximum Gasteiger partial charge on any atom is 0.336 e. The molecule has 0 atom stereocenters. The Morgan fingerprint density at radius 1 is 1.33 bits per heavy atom. The summed E-state index contributed by atoms with van der Waals surface area (Å²) in [6.45, 7) is 7.93. The number of aromatic carboxylic acids is 1. The number of nitrogens with two attached hydrogens (primary N) is 1. The van der Waals surface area contributed by atoms with Crippen molar-refractivity contribution in [1.29, 1.82) is 0 Å². The molecule has 3 N–H and O–H groups in total. The lowest BCUT2D eigenvalue weighted by atomic mass is 9.92. The zero-order chi connectivity index (χ0) is 15.1. The van der Waals surface area contributed by atoms with Gasteiger partial charge in [0.25, 0.3) is 0 Å². The standard InChI is InChI=1S/C15H19N3O2.ClH/c1-9-10(14(19)20)6-5-7-11(9)18-13(16)8-12(17-18)15(2,3)4;/h5-8H,16H2,1-4H3,(H,19,20);1H. The molecule has 0 radical (unpaired) electrons. The fraction of sp³-hybridized carbons (Fsp3) is 0.333. The van der Waals surface area contributed by atoms with Gasteiger partial charge in [-0.2, -0.15) is 5.10 Å². The van der Waals surface area contributed by atoms with Crippen LogP contribution in [-0.2, 0) is 5.41 Å². The third-order valence-corrected chi connectivity index (χ3v) is 3.27. The molecule has 0 unspecified atom stereocenters.